The third kappa shape index (κ3) is 3.11. The second kappa shape index (κ2) is 5.75. The molecule has 0 amide bonds. The molecule has 1 aromatic rings. The van der Waals surface area contributed by atoms with E-state index < -0.39 is 0 Å². The number of nitrogens with zero attached hydrogens (tertiary/aromatic N) is 1. The van der Waals surface area contributed by atoms with Crippen molar-refractivity contribution in [2.24, 2.45) is 11.8 Å². The van der Waals surface area contributed by atoms with Crippen LogP contribution in [0, 0.1) is 11.8 Å². The van der Waals surface area contributed by atoms with Crippen LogP contribution in [0.1, 0.15) is 33.6 Å². The molecule has 21 heavy (non-hydrogen) atoms. The number of hydrogen-bond donors (Lipinski definition) is 1. The van der Waals surface area contributed by atoms with Crippen LogP contribution in [0.25, 0.3) is 0 Å². The van der Waals surface area contributed by atoms with Gasteiger partial charge in [0.05, 0.1) is 10.7 Å². The predicted octanol–water partition coefficient (Wildman–Crippen LogP) is 4.71. The van der Waals surface area contributed by atoms with E-state index >= 15 is 0 Å². The normalized spacial score (nSPS) is 30.0. The fourth-order valence-corrected chi connectivity index (χ4v) is 4.32. The van der Waals surface area contributed by atoms with Gasteiger partial charge in [0, 0.05) is 29.1 Å². The number of piperazine rings is 1. The third-order valence-corrected chi connectivity index (χ3v) is 5.88. The standard InChI is InChI=1S/C17H24BrClN2/c1-11(2)16-9-20-17(3,12-4-5-12)10-21(16)15-7-6-13(18)8-14(15)19/h6-8,11-12,16,20H,4-5,9-10H2,1-3H3. The van der Waals surface area contributed by atoms with Gasteiger partial charge in [-0.3, -0.25) is 0 Å². The van der Waals surface area contributed by atoms with E-state index in [1.807, 2.05) is 6.07 Å². The minimum atomic E-state index is 0.224. The van der Waals surface area contributed by atoms with Gasteiger partial charge < -0.3 is 10.2 Å². The molecule has 1 aromatic carbocycles. The third-order valence-electron chi connectivity index (χ3n) is 5.08. The molecule has 1 aliphatic carbocycles. The molecule has 3 rings (SSSR count). The van der Waals surface area contributed by atoms with Crippen LogP contribution in [-0.2, 0) is 0 Å². The van der Waals surface area contributed by atoms with Crippen LogP contribution in [0.2, 0.25) is 5.02 Å². The molecule has 2 atom stereocenters. The minimum Gasteiger partial charge on any atom is -0.364 e. The van der Waals surface area contributed by atoms with E-state index in [0.717, 1.165) is 28.5 Å². The van der Waals surface area contributed by atoms with Gasteiger partial charge in [-0.1, -0.05) is 41.4 Å². The van der Waals surface area contributed by atoms with E-state index in [1.165, 1.54) is 18.5 Å². The van der Waals surface area contributed by atoms with Gasteiger partial charge in [-0.25, -0.2) is 0 Å². The van der Waals surface area contributed by atoms with Gasteiger partial charge in [-0.05, 0) is 49.8 Å². The van der Waals surface area contributed by atoms with Gasteiger partial charge in [0.15, 0.2) is 0 Å². The molecule has 4 heteroatoms. The number of nitrogens with one attached hydrogen (secondary N) is 1. The average Bonchev–Trinajstić information content (AvgIpc) is 3.22. The van der Waals surface area contributed by atoms with Gasteiger partial charge in [0.2, 0.25) is 0 Å². The molecule has 0 bridgehead atoms. The van der Waals surface area contributed by atoms with E-state index in [4.69, 9.17) is 11.6 Å². The second-order valence-electron chi connectivity index (χ2n) is 7.11. The van der Waals surface area contributed by atoms with Crippen LogP contribution in [-0.4, -0.2) is 24.7 Å². The average molecular weight is 372 g/mol. The van der Waals surface area contributed by atoms with Crippen molar-refractivity contribution in [3.8, 4) is 0 Å². The molecule has 1 heterocycles. The van der Waals surface area contributed by atoms with Crippen molar-refractivity contribution in [2.75, 3.05) is 18.0 Å². The highest BCUT2D eigenvalue weighted by Crippen LogP contribution is 2.43. The summed E-state index contributed by atoms with van der Waals surface area (Å²) >= 11 is 10.0. The van der Waals surface area contributed by atoms with Gasteiger partial charge in [0.1, 0.15) is 0 Å². The Balaban J connectivity index is 1.93. The maximum atomic E-state index is 6.53. The summed E-state index contributed by atoms with van der Waals surface area (Å²) in [6, 6.07) is 6.75. The first-order chi connectivity index (χ1) is 9.90. The monoisotopic (exact) mass is 370 g/mol. The lowest BCUT2D eigenvalue weighted by Crippen LogP contribution is -2.65. The summed E-state index contributed by atoms with van der Waals surface area (Å²) in [5.74, 6) is 1.42. The second-order valence-corrected chi connectivity index (χ2v) is 8.43. The first-order valence-corrected chi connectivity index (χ1v) is 9.04. The van der Waals surface area contributed by atoms with Crippen molar-refractivity contribution >= 4 is 33.2 Å². The zero-order valence-corrected chi connectivity index (χ0v) is 15.3. The highest BCUT2D eigenvalue weighted by molar-refractivity contribution is 9.10. The van der Waals surface area contributed by atoms with Crippen molar-refractivity contribution < 1.29 is 0 Å². The molecule has 0 aromatic heterocycles. The smallest absolute Gasteiger partial charge is 0.0650 e. The molecule has 1 saturated carbocycles. The summed E-state index contributed by atoms with van der Waals surface area (Å²) in [4.78, 5) is 2.54. The van der Waals surface area contributed by atoms with E-state index in [0.29, 0.717) is 12.0 Å². The van der Waals surface area contributed by atoms with E-state index in [1.54, 1.807) is 0 Å². The largest absolute Gasteiger partial charge is 0.364 e. The lowest BCUT2D eigenvalue weighted by atomic mass is 9.87. The van der Waals surface area contributed by atoms with Crippen LogP contribution in [0.15, 0.2) is 22.7 Å². The predicted molar refractivity (Wildman–Crippen MR) is 94.3 cm³/mol. The zero-order valence-electron chi connectivity index (χ0n) is 13.0. The van der Waals surface area contributed by atoms with Gasteiger partial charge in [0.25, 0.3) is 0 Å². The van der Waals surface area contributed by atoms with E-state index in [9.17, 15) is 0 Å². The summed E-state index contributed by atoms with van der Waals surface area (Å²) in [7, 11) is 0. The molecular formula is C17H24BrClN2. The lowest BCUT2D eigenvalue weighted by Gasteiger charge is -2.49. The highest BCUT2D eigenvalue weighted by Gasteiger charge is 2.46. The van der Waals surface area contributed by atoms with Crippen molar-refractivity contribution in [3.63, 3.8) is 0 Å². The Morgan fingerprint density at radius 1 is 1.38 bits per heavy atom. The van der Waals surface area contributed by atoms with Gasteiger partial charge in [-0.2, -0.15) is 0 Å². The molecule has 0 spiro atoms. The van der Waals surface area contributed by atoms with Crippen molar-refractivity contribution in [2.45, 2.75) is 45.2 Å². The van der Waals surface area contributed by atoms with Crippen molar-refractivity contribution in [1.29, 1.82) is 0 Å². The molecule has 1 saturated heterocycles. The molecule has 1 N–H and O–H groups in total. The lowest BCUT2D eigenvalue weighted by molar-refractivity contribution is 0.233. The summed E-state index contributed by atoms with van der Waals surface area (Å²) in [6.07, 6.45) is 2.72. The topological polar surface area (TPSA) is 15.3 Å². The molecule has 2 aliphatic rings. The minimum absolute atomic E-state index is 0.224. The maximum absolute atomic E-state index is 6.53. The Morgan fingerprint density at radius 2 is 2.10 bits per heavy atom. The Bertz CT molecular complexity index is 530. The fourth-order valence-electron chi connectivity index (χ4n) is 3.54. The number of hydrogen-bond acceptors (Lipinski definition) is 2. The van der Waals surface area contributed by atoms with E-state index in [-0.39, 0.29) is 5.54 Å². The van der Waals surface area contributed by atoms with Crippen LogP contribution < -0.4 is 10.2 Å². The summed E-state index contributed by atoms with van der Waals surface area (Å²) < 4.78 is 1.04. The molecule has 2 fully saturated rings. The molecule has 2 unspecified atom stereocenters. The maximum Gasteiger partial charge on any atom is 0.0650 e. The van der Waals surface area contributed by atoms with Crippen molar-refractivity contribution in [1.82, 2.24) is 5.32 Å². The van der Waals surface area contributed by atoms with Gasteiger partial charge in [-0.15, -0.1) is 0 Å². The Kier molecular flexibility index (Phi) is 4.28. The van der Waals surface area contributed by atoms with Crippen LogP contribution >= 0.6 is 27.5 Å². The molecule has 0 radical (unpaired) electrons. The zero-order chi connectivity index (χ0) is 15.2. The van der Waals surface area contributed by atoms with Crippen LogP contribution in [0.3, 0.4) is 0 Å². The Labute approximate surface area is 141 Å². The highest BCUT2D eigenvalue weighted by atomic mass is 79.9. The number of benzene rings is 1. The molecule has 1 aliphatic heterocycles. The number of halogens is 2. The summed E-state index contributed by atoms with van der Waals surface area (Å²) in [6.45, 7) is 9.05. The number of rotatable bonds is 3. The fraction of sp³-hybridized carbons (Fsp3) is 0.647. The quantitative estimate of drug-likeness (QED) is 0.828. The first-order valence-electron chi connectivity index (χ1n) is 7.87. The Hall–Kier alpha value is -0.250. The summed E-state index contributed by atoms with van der Waals surface area (Å²) in [5, 5.41) is 4.67. The van der Waals surface area contributed by atoms with Gasteiger partial charge >= 0.3 is 0 Å². The van der Waals surface area contributed by atoms with E-state index in [2.05, 4.69) is 59.1 Å². The Morgan fingerprint density at radius 3 is 2.67 bits per heavy atom. The SMILES string of the molecule is CC(C)C1CNC(C)(C2CC2)CN1c1ccc(Br)cc1Cl. The first kappa shape index (κ1) is 15.6. The summed E-state index contributed by atoms with van der Waals surface area (Å²) in [5.41, 5.74) is 1.40. The van der Waals surface area contributed by atoms with Crippen LogP contribution in [0.4, 0.5) is 5.69 Å². The van der Waals surface area contributed by atoms with Crippen molar-refractivity contribution in [3.05, 3.63) is 27.7 Å². The molecule has 2 nitrogen and oxygen atoms in total. The molecular weight excluding hydrogens is 348 g/mol. The van der Waals surface area contributed by atoms with Crippen LogP contribution in [0.5, 0.6) is 0 Å². The molecule has 116 valence electrons. The number of anilines is 1.